The zero-order chi connectivity index (χ0) is 9.03. The van der Waals surface area contributed by atoms with E-state index in [4.69, 9.17) is 10.4 Å². The van der Waals surface area contributed by atoms with E-state index < -0.39 is 0 Å². The molecule has 72 valence electrons. The van der Waals surface area contributed by atoms with Gasteiger partial charge < -0.3 is 10.4 Å². The summed E-state index contributed by atoms with van der Waals surface area (Å²) in [5, 5.41) is 17.6. The largest absolute Gasteiger partial charge is 0.317 e. The molecule has 0 unspecified atom stereocenters. The minimum absolute atomic E-state index is 0.104. The van der Waals surface area contributed by atoms with Crippen molar-refractivity contribution >= 4 is 0 Å². The van der Waals surface area contributed by atoms with Crippen LogP contribution in [0.1, 0.15) is 39.0 Å². The van der Waals surface area contributed by atoms with E-state index in [1.807, 2.05) is 0 Å². The molecular weight excluding hydrogens is 156 g/mol. The summed E-state index contributed by atoms with van der Waals surface area (Å²) in [6, 6.07) is 0.207. The second-order valence-electron chi connectivity index (χ2n) is 3.65. The molecule has 0 heterocycles. The van der Waals surface area contributed by atoms with Gasteiger partial charge in [0.05, 0.1) is 0 Å². The molecule has 12 heavy (non-hydrogen) atoms. The second kappa shape index (κ2) is 4.18. The van der Waals surface area contributed by atoms with Crippen molar-refractivity contribution in [3.8, 4) is 0 Å². The third-order valence-electron chi connectivity index (χ3n) is 3.04. The number of hydrogen-bond acceptors (Lipinski definition) is 4. The van der Waals surface area contributed by atoms with Crippen molar-refractivity contribution < 1.29 is 10.4 Å². The first-order valence-electron chi connectivity index (χ1n) is 4.57. The molecule has 4 heteroatoms. The topological polar surface area (TPSA) is 64.5 Å². The number of nitrogens with one attached hydrogen (secondary N) is 2. The van der Waals surface area contributed by atoms with Gasteiger partial charge in [-0.25, -0.2) is 5.48 Å². The zero-order valence-electron chi connectivity index (χ0n) is 7.51. The first-order valence-corrected chi connectivity index (χ1v) is 4.57. The molecule has 0 aromatic carbocycles. The predicted octanol–water partition coefficient (Wildman–Crippen LogP) is 1.04. The maximum absolute atomic E-state index is 8.97. The summed E-state index contributed by atoms with van der Waals surface area (Å²) in [5.41, 5.74) is 4.58. The van der Waals surface area contributed by atoms with Gasteiger partial charge in [-0.3, -0.25) is 0 Å². The van der Waals surface area contributed by atoms with Crippen LogP contribution in [0.5, 0.6) is 0 Å². The molecular formula is C8H18N2O2. The summed E-state index contributed by atoms with van der Waals surface area (Å²) in [6.45, 7) is 2.07. The van der Waals surface area contributed by atoms with Crippen LogP contribution in [0, 0.1) is 0 Å². The molecule has 1 saturated carbocycles. The smallest absolute Gasteiger partial charge is 0.0428 e. The number of hydrogen-bond donors (Lipinski definition) is 4. The Labute approximate surface area is 72.9 Å². The van der Waals surface area contributed by atoms with Crippen molar-refractivity contribution in [2.24, 2.45) is 0 Å². The lowest BCUT2D eigenvalue weighted by Crippen LogP contribution is -2.48. The van der Waals surface area contributed by atoms with Gasteiger partial charge in [0.25, 0.3) is 0 Å². The highest BCUT2D eigenvalue weighted by Crippen LogP contribution is 2.30. The third-order valence-corrected chi connectivity index (χ3v) is 3.04. The highest BCUT2D eigenvalue weighted by molar-refractivity contribution is 4.90. The van der Waals surface area contributed by atoms with Crippen LogP contribution in [-0.2, 0) is 0 Å². The summed E-state index contributed by atoms with van der Waals surface area (Å²) in [6.07, 6.45) is 4.59. The Morgan fingerprint density at radius 1 is 1.33 bits per heavy atom. The Morgan fingerprint density at radius 2 is 1.92 bits per heavy atom. The minimum atomic E-state index is -0.104. The van der Waals surface area contributed by atoms with Crippen molar-refractivity contribution in [2.75, 3.05) is 0 Å². The fourth-order valence-electron chi connectivity index (χ4n) is 1.84. The SMILES string of the molecule is CCC1(NO)CCC(NO)CC1. The van der Waals surface area contributed by atoms with E-state index in [1.54, 1.807) is 0 Å². The van der Waals surface area contributed by atoms with Crippen LogP contribution in [0.3, 0.4) is 0 Å². The summed E-state index contributed by atoms with van der Waals surface area (Å²) in [4.78, 5) is 0. The Morgan fingerprint density at radius 3 is 2.25 bits per heavy atom. The van der Waals surface area contributed by atoms with Gasteiger partial charge in [-0.05, 0) is 32.1 Å². The molecule has 1 fully saturated rings. The van der Waals surface area contributed by atoms with Crippen molar-refractivity contribution in [3.63, 3.8) is 0 Å². The average molecular weight is 174 g/mol. The molecule has 0 aromatic rings. The molecule has 0 aliphatic heterocycles. The Balaban J connectivity index is 2.42. The summed E-state index contributed by atoms with van der Waals surface area (Å²) in [5.74, 6) is 0. The Hall–Kier alpha value is -0.160. The maximum Gasteiger partial charge on any atom is 0.0428 e. The fourth-order valence-corrected chi connectivity index (χ4v) is 1.84. The van der Waals surface area contributed by atoms with Crippen molar-refractivity contribution in [1.29, 1.82) is 0 Å². The van der Waals surface area contributed by atoms with Crippen LogP contribution in [0.15, 0.2) is 0 Å². The third kappa shape index (κ3) is 1.95. The monoisotopic (exact) mass is 174 g/mol. The van der Waals surface area contributed by atoms with E-state index in [2.05, 4.69) is 17.9 Å². The first kappa shape index (κ1) is 9.92. The lowest BCUT2D eigenvalue weighted by Gasteiger charge is -2.37. The molecule has 0 spiro atoms. The Bertz CT molecular complexity index is 127. The molecule has 4 N–H and O–H groups in total. The first-order chi connectivity index (χ1) is 5.76. The number of hydroxylamine groups is 2. The molecule has 0 saturated heterocycles. The summed E-state index contributed by atoms with van der Waals surface area (Å²) < 4.78 is 0. The normalized spacial score (nSPS) is 36.8. The van der Waals surface area contributed by atoms with Crippen LogP contribution in [0.4, 0.5) is 0 Å². The van der Waals surface area contributed by atoms with Crippen LogP contribution < -0.4 is 11.0 Å². The van der Waals surface area contributed by atoms with Gasteiger partial charge in [0, 0.05) is 11.6 Å². The van der Waals surface area contributed by atoms with Gasteiger partial charge in [0.1, 0.15) is 0 Å². The van der Waals surface area contributed by atoms with E-state index in [-0.39, 0.29) is 11.6 Å². The standard InChI is InChI=1S/C8H18N2O2/c1-2-8(10-12)5-3-7(9-11)4-6-8/h7,9-12H,2-6H2,1H3. The van der Waals surface area contributed by atoms with Crippen LogP contribution in [-0.4, -0.2) is 22.0 Å². The Kier molecular flexibility index (Phi) is 3.46. The van der Waals surface area contributed by atoms with E-state index >= 15 is 0 Å². The van der Waals surface area contributed by atoms with Crippen molar-refractivity contribution in [3.05, 3.63) is 0 Å². The van der Waals surface area contributed by atoms with Crippen molar-refractivity contribution in [1.82, 2.24) is 11.0 Å². The average Bonchev–Trinajstić information content (AvgIpc) is 2.18. The lowest BCUT2D eigenvalue weighted by atomic mass is 9.78. The van der Waals surface area contributed by atoms with Gasteiger partial charge in [-0.2, -0.15) is 5.48 Å². The minimum Gasteiger partial charge on any atom is -0.317 e. The van der Waals surface area contributed by atoms with Crippen LogP contribution in [0.2, 0.25) is 0 Å². The summed E-state index contributed by atoms with van der Waals surface area (Å²) >= 11 is 0. The molecule has 0 amide bonds. The molecule has 0 atom stereocenters. The maximum atomic E-state index is 8.97. The molecule has 0 radical (unpaired) electrons. The second-order valence-corrected chi connectivity index (χ2v) is 3.65. The van der Waals surface area contributed by atoms with Gasteiger partial charge in [0.2, 0.25) is 0 Å². The van der Waals surface area contributed by atoms with Gasteiger partial charge in [0.15, 0.2) is 0 Å². The molecule has 1 aliphatic carbocycles. The van der Waals surface area contributed by atoms with Crippen molar-refractivity contribution in [2.45, 2.75) is 50.6 Å². The van der Waals surface area contributed by atoms with E-state index in [0.29, 0.717) is 0 Å². The van der Waals surface area contributed by atoms with E-state index in [0.717, 1.165) is 32.1 Å². The molecule has 1 aliphatic rings. The zero-order valence-corrected chi connectivity index (χ0v) is 7.51. The van der Waals surface area contributed by atoms with Crippen LogP contribution in [0.25, 0.3) is 0 Å². The molecule has 4 nitrogen and oxygen atoms in total. The molecule has 0 aromatic heterocycles. The molecule has 0 bridgehead atoms. The van der Waals surface area contributed by atoms with Crippen LogP contribution >= 0.6 is 0 Å². The predicted molar refractivity (Wildman–Crippen MR) is 45.1 cm³/mol. The lowest BCUT2D eigenvalue weighted by molar-refractivity contribution is 0.0116. The molecule has 1 rings (SSSR count). The quantitative estimate of drug-likeness (QED) is 0.483. The van der Waals surface area contributed by atoms with E-state index in [9.17, 15) is 0 Å². The van der Waals surface area contributed by atoms with Gasteiger partial charge >= 0.3 is 0 Å². The van der Waals surface area contributed by atoms with Gasteiger partial charge in [-0.15, -0.1) is 0 Å². The summed E-state index contributed by atoms with van der Waals surface area (Å²) in [7, 11) is 0. The highest BCUT2D eigenvalue weighted by Gasteiger charge is 2.32. The number of rotatable bonds is 3. The fraction of sp³-hybridized carbons (Fsp3) is 1.00. The highest BCUT2D eigenvalue weighted by atomic mass is 16.5. The van der Waals surface area contributed by atoms with Gasteiger partial charge in [-0.1, -0.05) is 6.92 Å². The van der Waals surface area contributed by atoms with E-state index in [1.165, 1.54) is 0 Å².